The smallest absolute Gasteiger partial charge is 0.216 e. The van der Waals surface area contributed by atoms with Gasteiger partial charge in [0.25, 0.3) is 0 Å². The summed E-state index contributed by atoms with van der Waals surface area (Å²) >= 11 is 0. The minimum atomic E-state index is 0. The third-order valence-electron chi connectivity index (χ3n) is 6.88. The van der Waals surface area contributed by atoms with Gasteiger partial charge in [0.2, 0.25) is 5.71 Å². The Kier molecular flexibility index (Phi) is 8.79. The normalized spacial score (nSPS) is 11.4. The topological polar surface area (TPSA) is 51.8 Å². The Hall–Kier alpha value is -4.44. The molecule has 0 aliphatic heterocycles. The van der Waals surface area contributed by atoms with Crippen LogP contribution in [-0.4, -0.2) is 15.0 Å². The average molecular weight is 710 g/mol. The molecule has 203 valence electrons. The summed E-state index contributed by atoms with van der Waals surface area (Å²) in [5, 5.41) is 2.06. The molecule has 0 saturated carbocycles. The summed E-state index contributed by atoms with van der Waals surface area (Å²) in [5.74, 6) is 0.206. The van der Waals surface area contributed by atoms with E-state index in [0.29, 0.717) is 5.71 Å². The minimum Gasteiger partial charge on any atom is -0.486 e. The van der Waals surface area contributed by atoms with E-state index in [1.165, 1.54) is 11.1 Å². The summed E-state index contributed by atoms with van der Waals surface area (Å²) in [6.45, 7) is 4.23. The maximum atomic E-state index is 6.03. The van der Waals surface area contributed by atoms with Crippen molar-refractivity contribution in [1.82, 2.24) is 15.0 Å². The summed E-state index contributed by atoms with van der Waals surface area (Å²) in [5.41, 5.74) is 8.77. The molecule has 0 bridgehead atoms. The summed E-state index contributed by atoms with van der Waals surface area (Å²) < 4.78 is 6.03. The zero-order valence-corrected chi connectivity index (χ0v) is 25.1. The molecule has 1 atom stereocenters. The number of aromatic nitrogens is 3. The van der Waals surface area contributed by atoms with E-state index < -0.39 is 0 Å². The van der Waals surface area contributed by atoms with Gasteiger partial charge in [-0.3, -0.25) is 0 Å². The van der Waals surface area contributed by atoms with Crippen LogP contribution in [-0.2, 0) is 20.1 Å². The number of aryl methyl sites for hydroxylation is 1. The van der Waals surface area contributed by atoms with Crippen molar-refractivity contribution >= 4 is 22.1 Å². The van der Waals surface area contributed by atoms with E-state index in [2.05, 4.69) is 84.5 Å². The maximum absolute atomic E-state index is 6.03. The van der Waals surface area contributed by atoms with Crippen molar-refractivity contribution in [2.75, 3.05) is 0 Å². The largest absolute Gasteiger partial charge is 0.486 e. The van der Waals surface area contributed by atoms with Crippen molar-refractivity contribution in [3.05, 3.63) is 151 Å². The van der Waals surface area contributed by atoms with E-state index in [0.717, 1.165) is 44.6 Å². The van der Waals surface area contributed by atoms with Crippen molar-refractivity contribution in [3.8, 4) is 22.5 Å². The second-order valence-corrected chi connectivity index (χ2v) is 9.66. The number of nitrogens with zero attached hydrogens (tertiary/aromatic N) is 3. The number of rotatable bonds is 4. The fourth-order valence-electron chi connectivity index (χ4n) is 4.67. The third-order valence-corrected chi connectivity index (χ3v) is 6.88. The molecule has 0 N–H and O–H groups in total. The second-order valence-electron chi connectivity index (χ2n) is 9.66. The van der Waals surface area contributed by atoms with Crippen molar-refractivity contribution in [1.29, 1.82) is 0 Å². The van der Waals surface area contributed by atoms with E-state index in [-0.39, 0.29) is 26.0 Å². The van der Waals surface area contributed by atoms with Gasteiger partial charge in [-0.25, -0.2) is 4.98 Å². The van der Waals surface area contributed by atoms with E-state index in [9.17, 15) is 0 Å². The van der Waals surface area contributed by atoms with Crippen LogP contribution in [0.5, 0.6) is 0 Å². The van der Waals surface area contributed by atoms with Gasteiger partial charge in [-0.15, -0.1) is 59.7 Å². The second kappa shape index (κ2) is 12.8. The summed E-state index contributed by atoms with van der Waals surface area (Å²) in [6, 6.07) is 42.8. The Bertz CT molecular complexity index is 1830. The van der Waals surface area contributed by atoms with Gasteiger partial charge in [0.05, 0.1) is 11.3 Å². The number of furan rings is 1. The van der Waals surface area contributed by atoms with Gasteiger partial charge in [0, 0.05) is 43.8 Å². The first-order valence-electron chi connectivity index (χ1n) is 13.3. The number of hydrogen-bond acceptors (Lipinski definition) is 4. The molecule has 4 nitrogen and oxygen atoms in total. The van der Waals surface area contributed by atoms with Crippen molar-refractivity contribution in [2.24, 2.45) is 0 Å². The molecule has 0 amide bonds. The molecule has 1 radical (unpaired) electrons. The first kappa shape index (κ1) is 28.1. The molecule has 1 unspecified atom stereocenters. The van der Waals surface area contributed by atoms with Gasteiger partial charge >= 0.3 is 0 Å². The Morgan fingerprint density at radius 3 is 2.27 bits per heavy atom. The zero-order valence-electron chi connectivity index (χ0n) is 22.7. The predicted molar refractivity (Wildman–Crippen MR) is 161 cm³/mol. The fourth-order valence-corrected chi connectivity index (χ4v) is 4.67. The Balaban J connectivity index is 0.000000218. The Morgan fingerprint density at radius 1 is 0.707 bits per heavy atom. The van der Waals surface area contributed by atoms with Crippen LogP contribution in [0.2, 0.25) is 0 Å². The first-order valence-corrected chi connectivity index (χ1v) is 13.3. The van der Waals surface area contributed by atoms with Crippen molar-refractivity contribution in [2.45, 2.75) is 19.8 Å². The van der Waals surface area contributed by atoms with Crippen LogP contribution in [0, 0.1) is 19.1 Å². The quantitative estimate of drug-likeness (QED) is 0.172. The summed E-state index contributed by atoms with van der Waals surface area (Å²) in [4.78, 5) is 13.5. The van der Waals surface area contributed by atoms with Gasteiger partial charge in [0.1, 0.15) is 0 Å². The van der Waals surface area contributed by atoms with Crippen LogP contribution >= 0.6 is 0 Å². The molecular formula is C36H27IrN3O-2. The molecule has 0 fully saturated rings. The third kappa shape index (κ3) is 6.33. The standard InChI is InChI=1S/C25H19N2O.C11H8N.Ir/c1-16-12-13-26-23(14-16)19-8-11-24-21(15-19)20-9-10-22(27-25(20)28-24)17(2)18-6-4-3-5-7-18;1-2-6-10(7-3-1)11-8-4-5-9-12-11;/h3-7,9-15,17H,1-2H3;1-6,8-9H;/q2*-1;. The van der Waals surface area contributed by atoms with Crippen LogP contribution in [0.15, 0.2) is 126 Å². The fraction of sp³-hybridized carbons (Fsp3) is 0.0833. The SMILES string of the molecule is Cc1ccnc(-c2[c-]cc3oc4nc(C(C)c5ccccc5)ccc4c3c2)c1.[Ir].[c-]1ccccc1-c1ccccn1. The Labute approximate surface area is 253 Å². The number of hydrogen-bond donors (Lipinski definition) is 0. The van der Waals surface area contributed by atoms with Crippen molar-refractivity contribution < 1.29 is 24.5 Å². The molecule has 0 saturated heterocycles. The molecule has 41 heavy (non-hydrogen) atoms. The molecule has 4 heterocycles. The molecule has 0 aliphatic carbocycles. The average Bonchev–Trinajstić information content (AvgIpc) is 3.39. The molecule has 0 aliphatic rings. The van der Waals surface area contributed by atoms with Crippen LogP contribution in [0.25, 0.3) is 44.6 Å². The number of benzene rings is 3. The molecule has 4 aromatic heterocycles. The molecule has 7 aromatic rings. The van der Waals surface area contributed by atoms with Crippen LogP contribution < -0.4 is 0 Å². The van der Waals surface area contributed by atoms with Gasteiger partial charge in [-0.1, -0.05) is 66.4 Å². The van der Waals surface area contributed by atoms with E-state index in [1.54, 1.807) is 6.20 Å². The summed E-state index contributed by atoms with van der Waals surface area (Å²) in [7, 11) is 0. The Morgan fingerprint density at radius 2 is 1.51 bits per heavy atom. The molecule has 7 rings (SSSR count). The van der Waals surface area contributed by atoms with Gasteiger partial charge < -0.3 is 14.4 Å². The zero-order chi connectivity index (χ0) is 27.3. The predicted octanol–water partition coefficient (Wildman–Crippen LogP) is 8.85. The number of fused-ring (bicyclic) bond motifs is 3. The minimum absolute atomic E-state index is 0. The molecule has 0 spiro atoms. The number of pyridine rings is 3. The van der Waals surface area contributed by atoms with Crippen molar-refractivity contribution in [3.63, 3.8) is 0 Å². The van der Waals surface area contributed by atoms with E-state index in [1.807, 2.05) is 66.9 Å². The van der Waals surface area contributed by atoms with Gasteiger partial charge in [-0.05, 0) is 48.1 Å². The van der Waals surface area contributed by atoms with E-state index in [4.69, 9.17) is 9.40 Å². The first-order chi connectivity index (χ1) is 19.7. The van der Waals surface area contributed by atoms with Crippen LogP contribution in [0.3, 0.4) is 0 Å². The van der Waals surface area contributed by atoms with Crippen LogP contribution in [0.1, 0.15) is 29.7 Å². The molecule has 5 heteroatoms. The van der Waals surface area contributed by atoms with Gasteiger partial charge in [0.15, 0.2) is 0 Å². The summed E-state index contributed by atoms with van der Waals surface area (Å²) in [6.07, 6.45) is 3.62. The van der Waals surface area contributed by atoms with E-state index >= 15 is 0 Å². The van der Waals surface area contributed by atoms with Gasteiger partial charge in [-0.2, -0.15) is 0 Å². The molecular weight excluding hydrogens is 683 g/mol. The van der Waals surface area contributed by atoms with Crippen LogP contribution in [0.4, 0.5) is 0 Å². The monoisotopic (exact) mass is 710 g/mol. The molecule has 3 aromatic carbocycles. The maximum Gasteiger partial charge on any atom is 0.216 e.